The number of pyridine rings is 1. The van der Waals surface area contributed by atoms with Crippen molar-refractivity contribution in [2.24, 2.45) is 5.92 Å². The Labute approximate surface area is 150 Å². The molecule has 2 N–H and O–H groups in total. The number of urea groups is 1. The number of aromatic nitrogens is 1. The molecule has 25 heavy (non-hydrogen) atoms. The Morgan fingerprint density at radius 2 is 2.04 bits per heavy atom. The number of nitrogens with one attached hydrogen (secondary N) is 2. The molecule has 1 aliphatic heterocycles. The minimum Gasteiger partial charge on any atom is -0.378 e. The molecular weight excluding hydrogens is 318 g/mol. The lowest BCUT2D eigenvalue weighted by Gasteiger charge is -2.27. The number of likely N-dealkylation sites (N-methyl/N-ethyl adjacent to an activating group) is 1. The second kappa shape index (κ2) is 9.58. The molecule has 1 aromatic rings. The monoisotopic (exact) mass is 349 g/mol. The third kappa shape index (κ3) is 6.51. The normalized spacial score (nSPS) is 16.2. The maximum Gasteiger partial charge on any atom is 0.319 e. The molecule has 0 aliphatic carbocycles. The van der Waals surface area contributed by atoms with Gasteiger partial charge in [0.15, 0.2) is 0 Å². The second-order valence-corrected chi connectivity index (χ2v) is 7.09. The van der Waals surface area contributed by atoms with Gasteiger partial charge in [0.05, 0.1) is 25.1 Å². The molecule has 0 unspecified atom stereocenters. The van der Waals surface area contributed by atoms with Crippen molar-refractivity contribution in [1.82, 2.24) is 15.2 Å². The van der Waals surface area contributed by atoms with E-state index in [2.05, 4.69) is 39.3 Å². The van der Waals surface area contributed by atoms with Crippen molar-refractivity contribution in [2.75, 3.05) is 57.2 Å². The summed E-state index contributed by atoms with van der Waals surface area (Å²) in [6.07, 6.45) is 2.74. The highest BCUT2D eigenvalue weighted by Gasteiger charge is 2.15. The molecule has 1 aromatic heterocycles. The fourth-order valence-electron chi connectivity index (χ4n) is 2.85. The van der Waals surface area contributed by atoms with Crippen LogP contribution in [-0.2, 0) is 4.74 Å². The molecule has 0 aromatic carbocycles. The molecule has 0 saturated carbocycles. The van der Waals surface area contributed by atoms with Gasteiger partial charge in [0.2, 0.25) is 0 Å². The molecule has 2 rings (SSSR count). The third-order valence-electron chi connectivity index (χ3n) is 4.31. The van der Waals surface area contributed by atoms with Gasteiger partial charge in [-0.05, 0) is 38.6 Å². The predicted octanol–water partition coefficient (Wildman–Crippen LogP) is 2.02. The Morgan fingerprint density at radius 1 is 1.32 bits per heavy atom. The number of carbonyl (C=O) groups excluding carboxylic acids is 1. The van der Waals surface area contributed by atoms with Gasteiger partial charge >= 0.3 is 6.03 Å². The van der Waals surface area contributed by atoms with Crippen molar-refractivity contribution in [2.45, 2.75) is 26.3 Å². The number of anilines is 2. The lowest BCUT2D eigenvalue weighted by atomic mass is 10.0. The van der Waals surface area contributed by atoms with Crippen LogP contribution in [0.1, 0.15) is 20.3 Å². The van der Waals surface area contributed by atoms with Crippen LogP contribution >= 0.6 is 0 Å². The molecule has 0 spiro atoms. The molecule has 7 heteroatoms. The van der Waals surface area contributed by atoms with E-state index in [-0.39, 0.29) is 6.03 Å². The van der Waals surface area contributed by atoms with Crippen molar-refractivity contribution >= 4 is 17.5 Å². The quantitative estimate of drug-likeness (QED) is 0.788. The first kappa shape index (κ1) is 19.5. The summed E-state index contributed by atoms with van der Waals surface area (Å²) in [5.74, 6) is 1.51. The number of carbonyl (C=O) groups is 1. The van der Waals surface area contributed by atoms with Gasteiger partial charge in [0, 0.05) is 25.7 Å². The van der Waals surface area contributed by atoms with Crippen LogP contribution in [-0.4, -0.2) is 68.9 Å². The second-order valence-electron chi connectivity index (χ2n) is 7.09. The van der Waals surface area contributed by atoms with Gasteiger partial charge in [-0.2, -0.15) is 0 Å². The van der Waals surface area contributed by atoms with Gasteiger partial charge < -0.3 is 25.2 Å². The highest BCUT2D eigenvalue weighted by molar-refractivity contribution is 5.89. The average molecular weight is 349 g/mol. The maximum absolute atomic E-state index is 12.1. The number of morpholine rings is 1. The van der Waals surface area contributed by atoms with E-state index in [1.54, 1.807) is 6.20 Å². The van der Waals surface area contributed by atoms with E-state index < -0.39 is 0 Å². The van der Waals surface area contributed by atoms with Crippen molar-refractivity contribution in [3.63, 3.8) is 0 Å². The van der Waals surface area contributed by atoms with E-state index in [0.29, 0.717) is 24.2 Å². The van der Waals surface area contributed by atoms with E-state index in [1.807, 2.05) is 26.2 Å². The van der Waals surface area contributed by atoms with Crippen molar-refractivity contribution in [3.05, 3.63) is 18.3 Å². The third-order valence-corrected chi connectivity index (χ3v) is 4.31. The van der Waals surface area contributed by atoms with Gasteiger partial charge in [-0.3, -0.25) is 0 Å². The van der Waals surface area contributed by atoms with E-state index in [1.165, 1.54) is 0 Å². The van der Waals surface area contributed by atoms with Crippen LogP contribution in [0, 0.1) is 5.92 Å². The fraction of sp³-hybridized carbons (Fsp3) is 0.667. The topological polar surface area (TPSA) is 69.7 Å². The first-order chi connectivity index (χ1) is 12.0. The zero-order valence-electron chi connectivity index (χ0n) is 15.8. The zero-order chi connectivity index (χ0) is 18.2. The van der Waals surface area contributed by atoms with Crippen LogP contribution in [0.5, 0.6) is 0 Å². The molecular formula is C18H31N5O2. The predicted molar refractivity (Wildman–Crippen MR) is 101 cm³/mol. The zero-order valence-corrected chi connectivity index (χ0v) is 15.8. The van der Waals surface area contributed by atoms with Crippen LogP contribution in [0.15, 0.2) is 18.3 Å². The van der Waals surface area contributed by atoms with E-state index >= 15 is 0 Å². The number of nitrogens with zero attached hydrogens (tertiary/aromatic N) is 3. The molecule has 7 nitrogen and oxygen atoms in total. The summed E-state index contributed by atoms with van der Waals surface area (Å²) in [6, 6.07) is 3.95. The standard InChI is InChI=1S/C18H31N5O2/c1-14(2)11-16(22(3)4)13-20-18(24)21-15-5-6-17(19-12-15)23-7-9-25-10-8-23/h5-6,12,14,16H,7-11,13H2,1-4H3,(H2,20,21,24)/t16-/m1/s1. The Morgan fingerprint density at radius 3 is 2.60 bits per heavy atom. The minimum atomic E-state index is -0.198. The summed E-state index contributed by atoms with van der Waals surface area (Å²) >= 11 is 0. The Bertz CT molecular complexity index is 527. The number of amides is 2. The maximum atomic E-state index is 12.1. The number of hydrogen-bond acceptors (Lipinski definition) is 5. The molecule has 1 atom stereocenters. The Hall–Kier alpha value is -1.86. The average Bonchev–Trinajstić information content (AvgIpc) is 2.59. The SMILES string of the molecule is CC(C)C[C@H](CNC(=O)Nc1ccc(N2CCOCC2)nc1)N(C)C. The van der Waals surface area contributed by atoms with Crippen LogP contribution in [0.4, 0.5) is 16.3 Å². The van der Waals surface area contributed by atoms with E-state index in [0.717, 1.165) is 38.5 Å². The Balaban J connectivity index is 1.81. The number of ether oxygens (including phenoxy) is 1. The summed E-state index contributed by atoms with van der Waals surface area (Å²) in [6.45, 7) is 8.16. The fourth-order valence-corrected chi connectivity index (χ4v) is 2.85. The molecule has 1 saturated heterocycles. The van der Waals surface area contributed by atoms with Crippen molar-refractivity contribution < 1.29 is 9.53 Å². The minimum absolute atomic E-state index is 0.198. The molecule has 140 valence electrons. The largest absolute Gasteiger partial charge is 0.378 e. The summed E-state index contributed by atoms with van der Waals surface area (Å²) in [5.41, 5.74) is 0.694. The molecule has 2 amide bonds. The Kier molecular flexibility index (Phi) is 7.46. The van der Waals surface area contributed by atoms with Crippen LogP contribution < -0.4 is 15.5 Å². The van der Waals surface area contributed by atoms with Crippen molar-refractivity contribution in [1.29, 1.82) is 0 Å². The van der Waals surface area contributed by atoms with Gasteiger partial charge in [0.25, 0.3) is 0 Å². The van der Waals surface area contributed by atoms with Gasteiger partial charge in [-0.15, -0.1) is 0 Å². The van der Waals surface area contributed by atoms with E-state index in [9.17, 15) is 4.79 Å². The van der Waals surface area contributed by atoms with Crippen LogP contribution in [0.25, 0.3) is 0 Å². The van der Waals surface area contributed by atoms with E-state index in [4.69, 9.17) is 4.74 Å². The molecule has 1 aliphatic rings. The summed E-state index contributed by atoms with van der Waals surface area (Å²) < 4.78 is 5.35. The van der Waals surface area contributed by atoms with Crippen LogP contribution in [0.3, 0.4) is 0 Å². The number of hydrogen-bond donors (Lipinski definition) is 2. The van der Waals surface area contributed by atoms with Gasteiger partial charge in [-0.1, -0.05) is 13.8 Å². The molecule has 0 bridgehead atoms. The van der Waals surface area contributed by atoms with Crippen molar-refractivity contribution in [3.8, 4) is 0 Å². The summed E-state index contributed by atoms with van der Waals surface area (Å²) in [5, 5.41) is 5.79. The van der Waals surface area contributed by atoms with Gasteiger partial charge in [0.1, 0.15) is 5.82 Å². The molecule has 2 heterocycles. The summed E-state index contributed by atoms with van der Waals surface area (Å²) in [4.78, 5) is 20.9. The highest BCUT2D eigenvalue weighted by Crippen LogP contribution is 2.15. The first-order valence-corrected chi connectivity index (χ1v) is 8.95. The first-order valence-electron chi connectivity index (χ1n) is 8.95. The molecule has 1 fully saturated rings. The van der Waals surface area contributed by atoms with Crippen LogP contribution in [0.2, 0.25) is 0 Å². The lowest BCUT2D eigenvalue weighted by molar-refractivity contribution is 0.122. The number of rotatable bonds is 7. The lowest BCUT2D eigenvalue weighted by Crippen LogP contribution is -2.42. The molecule has 0 radical (unpaired) electrons. The summed E-state index contributed by atoms with van der Waals surface area (Å²) in [7, 11) is 4.09. The van der Waals surface area contributed by atoms with Gasteiger partial charge in [-0.25, -0.2) is 9.78 Å². The highest BCUT2D eigenvalue weighted by atomic mass is 16.5. The smallest absolute Gasteiger partial charge is 0.319 e.